The summed E-state index contributed by atoms with van der Waals surface area (Å²) in [6.07, 6.45) is 2.46. The van der Waals surface area contributed by atoms with Gasteiger partial charge in [0.1, 0.15) is 30.2 Å². The molecule has 2 heterocycles. The minimum Gasteiger partial charge on any atom is -0.370 e. The smallest absolute Gasteiger partial charge is 0.243 e. The minimum atomic E-state index is -1.46. The van der Waals surface area contributed by atoms with E-state index in [0.717, 1.165) is 16.5 Å². The fourth-order valence-corrected chi connectivity index (χ4v) is 6.53. The SMILES string of the molecule is CC[C@@H](C)[C@@H]1NC(=O)[C@H]([C@@H](C)CC)NC(=O)[C@@H](Cc2c[nH]c3ccccc23)NC(=O)CCSCC[C@@H](C(N)=O)NC(=O)[C@H](CC(N)=O)NC1=O. The molecule has 2 aromatic rings. The number of para-hydroxylation sites is 1. The van der Waals surface area contributed by atoms with Gasteiger partial charge in [-0.3, -0.25) is 33.6 Å². The molecule has 15 nitrogen and oxygen atoms in total. The van der Waals surface area contributed by atoms with E-state index in [2.05, 4.69) is 31.6 Å². The van der Waals surface area contributed by atoms with Crippen LogP contribution in [0.4, 0.5) is 0 Å². The molecule has 0 radical (unpaired) electrons. The summed E-state index contributed by atoms with van der Waals surface area (Å²) in [6.45, 7) is 7.19. The van der Waals surface area contributed by atoms with Crippen LogP contribution in [0.2, 0.25) is 0 Å². The number of primary amides is 2. The Labute approximate surface area is 295 Å². The van der Waals surface area contributed by atoms with Gasteiger partial charge >= 0.3 is 0 Å². The molecule has 10 N–H and O–H groups in total. The van der Waals surface area contributed by atoms with Crippen molar-refractivity contribution in [2.75, 3.05) is 11.5 Å². The van der Waals surface area contributed by atoms with Crippen LogP contribution in [0.3, 0.4) is 0 Å². The first-order valence-electron chi connectivity index (χ1n) is 17.0. The molecule has 1 aliphatic heterocycles. The van der Waals surface area contributed by atoms with Crippen LogP contribution in [0.1, 0.15) is 65.4 Å². The molecule has 0 saturated carbocycles. The minimum absolute atomic E-state index is 0.0501. The Hall–Kier alpha value is -4.60. The molecule has 1 aromatic heterocycles. The molecule has 3 rings (SSSR count). The number of aromatic nitrogens is 1. The Balaban J connectivity index is 2.00. The fraction of sp³-hybridized carbons (Fsp3) is 0.559. The predicted octanol–water partition coefficient (Wildman–Crippen LogP) is 0.114. The van der Waals surface area contributed by atoms with Crippen LogP contribution < -0.4 is 38.1 Å². The number of rotatable bonds is 9. The third-order valence-electron chi connectivity index (χ3n) is 9.06. The van der Waals surface area contributed by atoms with Gasteiger partial charge in [-0.2, -0.15) is 11.8 Å². The number of amides is 7. The third-order valence-corrected chi connectivity index (χ3v) is 10.1. The van der Waals surface area contributed by atoms with E-state index >= 15 is 0 Å². The molecular formula is C34H50N8O7S. The second kappa shape index (κ2) is 19.0. The summed E-state index contributed by atoms with van der Waals surface area (Å²) in [7, 11) is 0. The number of nitrogens with two attached hydrogens (primary N) is 2. The summed E-state index contributed by atoms with van der Waals surface area (Å²) in [5.74, 6) is -5.05. The lowest BCUT2D eigenvalue weighted by molar-refractivity contribution is -0.137. The molecule has 274 valence electrons. The summed E-state index contributed by atoms with van der Waals surface area (Å²) in [5.41, 5.74) is 12.6. The Morgan fingerprint density at radius 1 is 0.800 bits per heavy atom. The lowest BCUT2D eigenvalue weighted by Gasteiger charge is -2.31. The molecular weight excluding hydrogens is 664 g/mol. The van der Waals surface area contributed by atoms with Crippen LogP contribution in [-0.2, 0) is 40.0 Å². The van der Waals surface area contributed by atoms with Crippen LogP contribution in [0.25, 0.3) is 10.9 Å². The summed E-state index contributed by atoms with van der Waals surface area (Å²) in [5, 5.41) is 14.3. The highest BCUT2D eigenvalue weighted by molar-refractivity contribution is 7.99. The highest BCUT2D eigenvalue weighted by atomic mass is 32.2. The standard InChI is InChI=1S/C34H50N8O7S/c1-5-18(3)28-33(48)40-25(16-26(35)43)31(46)39-23(30(36)45)11-13-50-14-12-27(44)38-24(15-20-17-37-22-10-8-7-9-21(20)22)32(47)41-29(19(4)6-2)34(49)42-28/h7-10,17-19,23-25,28-29,37H,5-6,11-16H2,1-4H3,(H2,35,43)(H2,36,45)(H,38,44)(H,39,46)(H,40,48)(H,41,47)(H,42,49)/t18-,19+,23+,24-,25+,28+,29+/m1/s1. The van der Waals surface area contributed by atoms with Crippen molar-refractivity contribution in [1.29, 1.82) is 0 Å². The maximum absolute atomic E-state index is 14.0. The van der Waals surface area contributed by atoms with E-state index in [1.165, 1.54) is 11.8 Å². The number of carbonyl (C=O) groups excluding carboxylic acids is 7. The lowest BCUT2D eigenvalue weighted by atomic mass is 9.94. The number of hydrogen-bond acceptors (Lipinski definition) is 8. The quantitative estimate of drug-likeness (QED) is 0.177. The molecule has 7 atom stereocenters. The zero-order valence-electron chi connectivity index (χ0n) is 29.0. The normalized spacial score (nSPS) is 24.9. The van der Waals surface area contributed by atoms with Crippen molar-refractivity contribution in [3.05, 3.63) is 36.0 Å². The predicted molar refractivity (Wildman–Crippen MR) is 190 cm³/mol. The highest BCUT2D eigenvalue weighted by Gasteiger charge is 2.36. The first kappa shape index (κ1) is 39.8. The average Bonchev–Trinajstić information content (AvgIpc) is 3.49. The van der Waals surface area contributed by atoms with Gasteiger partial charge in [0.15, 0.2) is 0 Å². The van der Waals surface area contributed by atoms with Gasteiger partial charge in [0.05, 0.1) is 6.42 Å². The van der Waals surface area contributed by atoms with Crippen LogP contribution in [0.15, 0.2) is 30.5 Å². The van der Waals surface area contributed by atoms with Crippen molar-refractivity contribution in [1.82, 2.24) is 31.6 Å². The zero-order chi connectivity index (χ0) is 37.0. The maximum atomic E-state index is 14.0. The van der Waals surface area contributed by atoms with E-state index in [1.54, 1.807) is 20.0 Å². The van der Waals surface area contributed by atoms with Gasteiger partial charge in [0, 0.05) is 35.7 Å². The van der Waals surface area contributed by atoms with Crippen LogP contribution in [0, 0.1) is 11.8 Å². The topological polar surface area (TPSA) is 247 Å². The van der Waals surface area contributed by atoms with Crippen LogP contribution in [-0.4, -0.2) is 88.0 Å². The van der Waals surface area contributed by atoms with E-state index in [-0.39, 0.29) is 31.1 Å². The van der Waals surface area contributed by atoms with Crippen molar-refractivity contribution in [2.24, 2.45) is 23.3 Å². The molecule has 0 unspecified atom stereocenters. The van der Waals surface area contributed by atoms with Gasteiger partial charge in [-0.15, -0.1) is 0 Å². The largest absolute Gasteiger partial charge is 0.370 e. The molecule has 0 aliphatic carbocycles. The van der Waals surface area contributed by atoms with Crippen LogP contribution in [0.5, 0.6) is 0 Å². The number of H-pyrrole nitrogens is 1. The summed E-state index contributed by atoms with van der Waals surface area (Å²) in [4.78, 5) is 95.3. The summed E-state index contributed by atoms with van der Waals surface area (Å²) in [6, 6.07) is 1.69. The van der Waals surface area contributed by atoms with E-state index < -0.39 is 78.0 Å². The van der Waals surface area contributed by atoms with E-state index in [1.807, 2.05) is 38.1 Å². The lowest BCUT2D eigenvalue weighted by Crippen LogP contribution is -2.61. The number of aromatic amines is 1. The third kappa shape index (κ3) is 11.2. The number of nitrogens with one attached hydrogen (secondary N) is 6. The highest BCUT2D eigenvalue weighted by Crippen LogP contribution is 2.20. The summed E-state index contributed by atoms with van der Waals surface area (Å²) < 4.78 is 0. The van der Waals surface area contributed by atoms with Gasteiger partial charge < -0.3 is 43.0 Å². The van der Waals surface area contributed by atoms with Gasteiger partial charge in [-0.1, -0.05) is 58.7 Å². The number of thioether (sulfide) groups is 1. The van der Waals surface area contributed by atoms with Gasteiger partial charge in [0.25, 0.3) is 0 Å². The molecule has 1 aromatic carbocycles. The second-order valence-electron chi connectivity index (χ2n) is 12.8. The van der Waals surface area contributed by atoms with Crippen molar-refractivity contribution in [2.45, 2.75) is 96.4 Å². The summed E-state index contributed by atoms with van der Waals surface area (Å²) >= 11 is 1.34. The van der Waals surface area contributed by atoms with Gasteiger partial charge in [-0.25, -0.2) is 0 Å². The second-order valence-corrected chi connectivity index (χ2v) is 14.0. The van der Waals surface area contributed by atoms with E-state index in [9.17, 15) is 33.6 Å². The maximum Gasteiger partial charge on any atom is 0.243 e. The molecule has 1 fully saturated rings. The molecule has 0 spiro atoms. The van der Waals surface area contributed by atoms with E-state index in [0.29, 0.717) is 24.3 Å². The fourth-order valence-electron chi connectivity index (χ4n) is 5.59. The first-order chi connectivity index (χ1) is 23.7. The van der Waals surface area contributed by atoms with E-state index in [4.69, 9.17) is 11.5 Å². The van der Waals surface area contributed by atoms with Crippen molar-refractivity contribution < 1.29 is 33.6 Å². The number of carbonyl (C=O) groups is 7. The average molecular weight is 715 g/mol. The van der Waals surface area contributed by atoms with Crippen molar-refractivity contribution >= 4 is 64.0 Å². The van der Waals surface area contributed by atoms with Crippen LogP contribution >= 0.6 is 11.8 Å². The number of hydrogen-bond donors (Lipinski definition) is 8. The number of benzene rings is 1. The Morgan fingerprint density at radius 2 is 1.40 bits per heavy atom. The Morgan fingerprint density at radius 3 is 2.02 bits per heavy atom. The number of fused-ring (bicyclic) bond motifs is 1. The van der Waals surface area contributed by atoms with Gasteiger partial charge in [0.2, 0.25) is 41.4 Å². The first-order valence-corrected chi connectivity index (χ1v) is 18.1. The monoisotopic (exact) mass is 714 g/mol. The molecule has 1 aliphatic rings. The molecule has 7 amide bonds. The zero-order valence-corrected chi connectivity index (χ0v) is 29.8. The van der Waals surface area contributed by atoms with Crippen molar-refractivity contribution in [3.63, 3.8) is 0 Å². The molecule has 50 heavy (non-hydrogen) atoms. The van der Waals surface area contributed by atoms with Gasteiger partial charge in [-0.05, 0) is 35.6 Å². The van der Waals surface area contributed by atoms with Crippen molar-refractivity contribution in [3.8, 4) is 0 Å². The molecule has 1 saturated heterocycles. The molecule has 0 bridgehead atoms. The molecule has 16 heteroatoms. The Kier molecular flexibility index (Phi) is 15.1. The Bertz CT molecular complexity index is 1550.